The zero-order chi connectivity index (χ0) is 15.9. The van der Waals surface area contributed by atoms with Gasteiger partial charge in [-0.05, 0) is 24.3 Å². The Balaban J connectivity index is 1.92. The minimum absolute atomic E-state index is 0.419. The molecule has 0 aliphatic heterocycles. The quantitative estimate of drug-likeness (QED) is 0.514. The van der Waals surface area contributed by atoms with Crippen molar-refractivity contribution in [1.29, 1.82) is 0 Å². The van der Waals surface area contributed by atoms with E-state index in [4.69, 9.17) is 23.2 Å². The summed E-state index contributed by atoms with van der Waals surface area (Å²) in [6.07, 6.45) is 1.35. The number of carbonyl (C=O) groups excluding carboxylic acids is 2. The largest absolute Gasteiger partial charge is 0.329 e. The summed E-state index contributed by atoms with van der Waals surface area (Å²) in [5.41, 5.74) is 3.16. The number of hydrazone groups is 1. The number of hydrogen-bond donors (Lipinski definition) is 2. The predicted molar refractivity (Wildman–Crippen MR) is 87.3 cm³/mol. The number of hydrogen-bond acceptors (Lipinski definition) is 3. The maximum Gasteiger partial charge on any atom is 0.329 e. The highest BCUT2D eigenvalue weighted by molar-refractivity contribution is 6.40. The highest BCUT2D eigenvalue weighted by Crippen LogP contribution is 2.14. The zero-order valence-corrected chi connectivity index (χ0v) is 12.7. The van der Waals surface area contributed by atoms with Crippen LogP contribution in [0.4, 0.5) is 5.69 Å². The third-order valence-corrected chi connectivity index (χ3v) is 3.14. The molecular formula is C15H11Cl2N3O2. The molecule has 2 aromatic carbocycles. The maximum atomic E-state index is 11.7. The van der Waals surface area contributed by atoms with Crippen molar-refractivity contribution in [3.8, 4) is 0 Å². The highest BCUT2D eigenvalue weighted by atomic mass is 35.5. The summed E-state index contributed by atoms with van der Waals surface area (Å²) >= 11 is 11.7. The lowest BCUT2D eigenvalue weighted by atomic mass is 10.2. The number of nitrogens with one attached hydrogen (secondary N) is 2. The fraction of sp³-hybridized carbons (Fsp3) is 0. The van der Waals surface area contributed by atoms with Crippen molar-refractivity contribution in [2.45, 2.75) is 0 Å². The minimum Gasteiger partial charge on any atom is -0.318 e. The summed E-state index contributed by atoms with van der Waals surface area (Å²) in [4.78, 5) is 23.3. The first-order valence-corrected chi connectivity index (χ1v) is 6.96. The molecule has 0 saturated carbocycles. The van der Waals surface area contributed by atoms with Gasteiger partial charge in [0.1, 0.15) is 0 Å². The third-order valence-electron chi connectivity index (χ3n) is 2.56. The Morgan fingerprint density at radius 2 is 1.77 bits per heavy atom. The summed E-state index contributed by atoms with van der Waals surface area (Å²) in [7, 11) is 0. The summed E-state index contributed by atoms with van der Waals surface area (Å²) in [5.74, 6) is -1.75. The van der Waals surface area contributed by atoms with E-state index in [2.05, 4.69) is 15.8 Å². The number of halogens is 2. The van der Waals surface area contributed by atoms with Gasteiger partial charge in [-0.3, -0.25) is 9.59 Å². The van der Waals surface area contributed by atoms with Gasteiger partial charge < -0.3 is 5.32 Å². The first-order chi connectivity index (χ1) is 10.6. The van der Waals surface area contributed by atoms with E-state index in [1.165, 1.54) is 12.3 Å². The first kappa shape index (κ1) is 16.0. The lowest BCUT2D eigenvalue weighted by Gasteiger charge is -2.04. The molecule has 0 fully saturated rings. The molecule has 0 aliphatic rings. The summed E-state index contributed by atoms with van der Waals surface area (Å²) in [6, 6.07) is 13.4. The van der Waals surface area contributed by atoms with Crippen molar-refractivity contribution in [3.63, 3.8) is 0 Å². The minimum atomic E-state index is -0.900. The number of rotatable bonds is 3. The van der Waals surface area contributed by atoms with Gasteiger partial charge in [0, 0.05) is 21.3 Å². The molecule has 2 N–H and O–H groups in total. The van der Waals surface area contributed by atoms with Gasteiger partial charge in [-0.2, -0.15) is 5.10 Å². The van der Waals surface area contributed by atoms with E-state index >= 15 is 0 Å². The van der Waals surface area contributed by atoms with Crippen LogP contribution in [0.25, 0.3) is 0 Å². The van der Waals surface area contributed by atoms with Gasteiger partial charge >= 0.3 is 11.8 Å². The number of nitrogens with zero attached hydrogens (tertiary/aromatic N) is 1. The first-order valence-electron chi connectivity index (χ1n) is 6.21. The fourth-order valence-electron chi connectivity index (χ4n) is 1.55. The average Bonchev–Trinajstić information content (AvgIpc) is 2.49. The molecule has 0 aliphatic carbocycles. The van der Waals surface area contributed by atoms with Crippen molar-refractivity contribution in [2.24, 2.45) is 5.10 Å². The van der Waals surface area contributed by atoms with Gasteiger partial charge in [0.15, 0.2) is 0 Å². The van der Waals surface area contributed by atoms with E-state index in [0.29, 0.717) is 21.3 Å². The van der Waals surface area contributed by atoms with Crippen LogP contribution in [0.2, 0.25) is 10.0 Å². The van der Waals surface area contributed by atoms with Crippen LogP contribution in [-0.4, -0.2) is 18.0 Å². The van der Waals surface area contributed by atoms with Crippen LogP contribution in [-0.2, 0) is 9.59 Å². The van der Waals surface area contributed by atoms with Gasteiger partial charge in [0.05, 0.1) is 6.21 Å². The monoisotopic (exact) mass is 335 g/mol. The second-order valence-corrected chi connectivity index (χ2v) is 5.03. The van der Waals surface area contributed by atoms with Crippen LogP contribution >= 0.6 is 23.2 Å². The van der Waals surface area contributed by atoms with Crippen LogP contribution in [0, 0.1) is 0 Å². The van der Waals surface area contributed by atoms with Crippen molar-refractivity contribution in [1.82, 2.24) is 5.43 Å². The van der Waals surface area contributed by atoms with Crippen molar-refractivity contribution in [2.75, 3.05) is 5.32 Å². The second kappa shape index (κ2) is 7.59. The smallest absolute Gasteiger partial charge is 0.318 e. The average molecular weight is 336 g/mol. The van der Waals surface area contributed by atoms with Crippen molar-refractivity contribution in [3.05, 3.63) is 64.1 Å². The standard InChI is InChI=1S/C15H11Cl2N3O2/c16-11-5-3-6-12(8-11)19-14(21)15(22)20-18-9-10-4-1-2-7-13(10)17/h1-9H,(H,19,21)(H,20,22)/b18-9+. The van der Waals surface area contributed by atoms with Crippen LogP contribution in [0.3, 0.4) is 0 Å². The number of anilines is 1. The molecule has 22 heavy (non-hydrogen) atoms. The predicted octanol–water partition coefficient (Wildman–Crippen LogP) is 3.08. The van der Waals surface area contributed by atoms with E-state index in [9.17, 15) is 9.59 Å². The van der Waals surface area contributed by atoms with Crippen LogP contribution in [0.5, 0.6) is 0 Å². The summed E-state index contributed by atoms with van der Waals surface area (Å²) in [6.45, 7) is 0. The third kappa shape index (κ3) is 4.58. The molecule has 0 heterocycles. The lowest BCUT2D eigenvalue weighted by molar-refractivity contribution is -0.136. The molecule has 0 saturated heterocycles. The van der Waals surface area contributed by atoms with E-state index in [0.717, 1.165) is 0 Å². The molecule has 112 valence electrons. The van der Waals surface area contributed by atoms with Gasteiger partial charge in [-0.15, -0.1) is 0 Å². The molecule has 0 radical (unpaired) electrons. The topological polar surface area (TPSA) is 70.6 Å². The number of benzene rings is 2. The maximum absolute atomic E-state index is 11.7. The molecule has 2 aromatic rings. The molecule has 0 unspecified atom stereocenters. The van der Waals surface area contributed by atoms with Gasteiger partial charge in [0.25, 0.3) is 0 Å². The van der Waals surface area contributed by atoms with Crippen LogP contribution < -0.4 is 10.7 Å². The molecule has 2 amide bonds. The van der Waals surface area contributed by atoms with E-state index in [1.54, 1.807) is 42.5 Å². The fourth-order valence-corrected chi connectivity index (χ4v) is 1.92. The lowest BCUT2D eigenvalue weighted by Crippen LogP contribution is -2.32. The van der Waals surface area contributed by atoms with Crippen LogP contribution in [0.1, 0.15) is 5.56 Å². The molecule has 2 rings (SSSR count). The van der Waals surface area contributed by atoms with Gasteiger partial charge in [-0.1, -0.05) is 47.5 Å². The van der Waals surface area contributed by atoms with E-state index in [-0.39, 0.29) is 0 Å². The van der Waals surface area contributed by atoms with Crippen molar-refractivity contribution < 1.29 is 9.59 Å². The molecular weight excluding hydrogens is 325 g/mol. The Morgan fingerprint density at radius 3 is 2.50 bits per heavy atom. The zero-order valence-electron chi connectivity index (χ0n) is 11.2. The van der Waals surface area contributed by atoms with E-state index < -0.39 is 11.8 Å². The Kier molecular flexibility index (Phi) is 5.52. The Labute approximate surface area is 136 Å². The second-order valence-electron chi connectivity index (χ2n) is 4.19. The molecule has 0 aromatic heterocycles. The molecule has 0 bridgehead atoms. The Morgan fingerprint density at radius 1 is 1.00 bits per heavy atom. The molecule has 5 nitrogen and oxygen atoms in total. The van der Waals surface area contributed by atoms with E-state index in [1.807, 2.05) is 0 Å². The number of amides is 2. The molecule has 0 atom stereocenters. The molecule has 7 heteroatoms. The highest BCUT2D eigenvalue weighted by Gasteiger charge is 2.12. The van der Waals surface area contributed by atoms with Gasteiger partial charge in [-0.25, -0.2) is 5.43 Å². The van der Waals surface area contributed by atoms with Crippen molar-refractivity contribution >= 4 is 46.9 Å². The Hall–Kier alpha value is -2.37. The Bertz CT molecular complexity index is 732. The summed E-state index contributed by atoms with van der Waals surface area (Å²) in [5, 5.41) is 7.04. The summed E-state index contributed by atoms with van der Waals surface area (Å²) < 4.78 is 0. The van der Waals surface area contributed by atoms with Crippen LogP contribution in [0.15, 0.2) is 53.6 Å². The van der Waals surface area contributed by atoms with Gasteiger partial charge in [0.2, 0.25) is 0 Å². The normalized spacial score (nSPS) is 10.5. The number of carbonyl (C=O) groups is 2. The SMILES string of the molecule is O=C(N/N=C/c1ccccc1Cl)C(=O)Nc1cccc(Cl)c1. The molecule has 0 spiro atoms.